The van der Waals surface area contributed by atoms with E-state index in [9.17, 15) is 9.90 Å². The maximum atomic E-state index is 11.5. The number of aromatic hydroxyl groups is 1. The van der Waals surface area contributed by atoms with Crippen molar-refractivity contribution in [1.29, 1.82) is 0 Å². The van der Waals surface area contributed by atoms with Gasteiger partial charge in [-0.3, -0.25) is 10.1 Å². The summed E-state index contributed by atoms with van der Waals surface area (Å²) in [6, 6.07) is 5.03. The number of phenolic OH excluding ortho intramolecular Hbond substituents is 1. The van der Waals surface area contributed by atoms with Gasteiger partial charge in [-0.15, -0.1) is 0 Å². The Morgan fingerprint density at radius 1 is 1.39 bits per heavy atom. The fourth-order valence-corrected chi connectivity index (χ4v) is 1.46. The van der Waals surface area contributed by atoms with Gasteiger partial charge in [-0.1, -0.05) is 6.07 Å². The Balaban J connectivity index is 2.72. The number of phenols is 1. The molecule has 1 aromatic carbocycles. The minimum absolute atomic E-state index is 0.127. The first-order valence-corrected chi connectivity index (χ1v) is 5.60. The lowest BCUT2D eigenvalue weighted by molar-refractivity contribution is -0.147. The zero-order valence-corrected chi connectivity index (χ0v) is 11.1. The molecular formula is C13H19NO4. The molecule has 0 unspecified atom stereocenters. The van der Waals surface area contributed by atoms with Crippen LogP contribution in [0.15, 0.2) is 18.2 Å². The van der Waals surface area contributed by atoms with Crippen molar-refractivity contribution in [2.45, 2.75) is 25.9 Å². The van der Waals surface area contributed by atoms with Crippen LogP contribution in [0, 0.1) is 0 Å². The molecule has 0 aromatic heterocycles. The predicted octanol–water partition coefficient (Wildman–Crippen LogP) is 1.44. The van der Waals surface area contributed by atoms with Gasteiger partial charge in [0.15, 0.2) is 0 Å². The highest BCUT2D eigenvalue weighted by molar-refractivity contribution is 5.79. The smallest absolute Gasteiger partial charge is 0.325 e. The molecule has 2 N–H and O–H groups in total. The summed E-state index contributed by atoms with van der Waals surface area (Å²) in [6.45, 7) is 3.80. The van der Waals surface area contributed by atoms with E-state index in [1.807, 2.05) is 0 Å². The minimum Gasteiger partial charge on any atom is -0.507 e. The summed E-state index contributed by atoms with van der Waals surface area (Å²) >= 11 is 0. The summed E-state index contributed by atoms with van der Waals surface area (Å²) in [4.78, 5) is 11.5. The van der Waals surface area contributed by atoms with Crippen LogP contribution in [0.1, 0.15) is 19.4 Å². The summed E-state index contributed by atoms with van der Waals surface area (Å²) in [6.07, 6.45) is 0. The van der Waals surface area contributed by atoms with Gasteiger partial charge in [0, 0.05) is 18.2 Å². The monoisotopic (exact) mass is 253 g/mol. The van der Waals surface area contributed by atoms with Gasteiger partial charge in [-0.25, -0.2) is 0 Å². The number of hydrogen-bond donors (Lipinski definition) is 2. The summed E-state index contributed by atoms with van der Waals surface area (Å²) in [7, 11) is 2.88. The molecule has 0 fully saturated rings. The van der Waals surface area contributed by atoms with Crippen molar-refractivity contribution in [2.24, 2.45) is 0 Å². The van der Waals surface area contributed by atoms with E-state index in [-0.39, 0.29) is 11.7 Å². The molecule has 1 aromatic rings. The van der Waals surface area contributed by atoms with Crippen LogP contribution in [0.2, 0.25) is 0 Å². The van der Waals surface area contributed by atoms with Crippen LogP contribution in [-0.4, -0.2) is 30.8 Å². The Kier molecular flexibility index (Phi) is 4.55. The number of methoxy groups -OCH3 is 2. The maximum absolute atomic E-state index is 11.5. The molecule has 5 heteroatoms. The molecule has 0 aliphatic carbocycles. The Morgan fingerprint density at radius 3 is 2.56 bits per heavy atom. The molecule has 0 aliphatic heterocycles. The highest BCUT2D eigenvalue weighted by Gasteiger charge is 2.27. The van der Waals surface area contributed by atoms with Gasteiger partial charge >= 0.3 is 5.97 Å². The van der Waals surface area contributed by atoms with Gasteiger partial charge in [-0.2, -0.15) is 0 Å². The van der Waals surface area contributed by atoms with E-state index < -0.39 is 5.54 Å². The predicted molar refractivity (Wildman–Crippen MR) is 67.6 cm³/mol. The average Bonchev–Trinajstić information content (AvgIpc) is 2.36. The molecule has 0 saturated carbocycles. The Bertz CT molecular complexity index is 429. The SMILES string of the molecule is COC(=O)C(C)(C)NCc1ccc(OC)cc1O. The van der Waals surface area contributed by atoms with Crippen LogP contribution in [0.3, 0.4) is 0 Å². The Labute approximate surface area is 107 Å². The summed E-state index contributed by atoms with van der Waals surface area (Å²) in [5.74, 6) is 0.362. The molecule has 5 nitrogen and oxygen atoms in total. The molecule has 0 spiro atoms. The lowest BCUT2D eigenvalue weighted by Crippen LogP contribution is -2.46. The lowest BCUT2D eigenvalue weighted by atomic mass is 10.1. The van der Waals surface area contributed by atoms with E-state index in [0.717, 1.165) is 0 Å². The van der Waals surface area contributed by atoms with Gasteiger partial charge in [0.25, 0.3) is 0 Å². The number of nitrogens with one attached hydrogen (secondary N) is 1. The maximum Gasteiger partial charge on any atom is 0.325 e. The molecule has 18 heavy (non-hydrogen) atoms. The number of rotatable bonds is 5. The third kappa shape index (κ3) is 3.37. The van der Waals surface area contributed by atoms with Crippen LogP contribution < -0.4 is 10.1 Å². The van der Waals surface area contributed by atoms with Gasteiger partial charge in [0.2, 0.25) is 0 Å². The van der Waals surface area contributed by atoms with E-state index in [0.29, 0.717) is 17.9 Å². The van der Waals surface area contributed by atoms with Gasteiger partial charge < -0.3 is 14.6 Å². The van der Waals surface area contributed by atoms with E-state index in [1.54, 1.807) is 26.0 Å². The fraction of sp³-hybridized carbons (Fsp3) is 0.462. The van der Waals surface area contributed by atoms with E-state index in [1.165, 1.54) is 20.3 Å². The first-order chi connectivity index (χ1) is 8.40. The number of carbonyl (C=O) groups is 1. The molecule has 1 rings (SSSR count). The first kappa shape index (κ1) is 14.3. The zero-order chi connectivity index (χ0) is 13.8. The van der Waals surface area contributed by atoms with E-state index in [2.05, 4.69) is 10.1 Å². The van der Waals surface area contributed by atoms with E-state index >= 15 is 0 Å². The molecule has 0 saturated heterocycles. The normalized spacial score (nSPS) is 11.1. The molecule has 0 amide bonds. The molecular weight excluding hydrogens is 234 g/mol. The molecule has 0 radical (unpaired) electrons. The number of hydrogen-bond acceptors (Lipinski definition) is 5. The van der Waals surface area contributed by atoms with Crippen LogP contribution >= 0.6 is 0 Å². The zero-order valence-electron chi connectivity index (χ0n) is 11.1. The van der Waals surface area contributed by atoms with Crippen molar-refractivity contribution >= 4 is 5.97 Å². The van der Waals surface area contributed by atoms with Crippen LogP contribution in [0.4, 0.5) is 0 Å². The van der Waals surface area contributed by atoms with Gasteiger partial charge in [-0.05, 0) is 19.9 Å². The van der Waals surface area contributed by atoms with Gasteiger partial charge in [0.1, 0.15) is 17.0 Å². The lowest BCUT2D eigenvalue weighted by Gasteiger charge is -2.23. The molecule has 0 atom stereocenters. The topological polar surface area (TPSA) is 67.8 Å². The number of ether oxygens (including phenoxy) is 2. The third-order valence-corrected chi connectivity index (χ3v) is 2.71. The van der Waals surface area contributed by atoms with Crippen LogP contribution in [0.5, 0.6) is 11.5 Å². The van der Waals surface area contributed by atoms with Crippen LogP contribution in [-0.2, 0) is 16.1 Å². The third-order valence-electron chi connectivity index (χ3n) is 2.71. The summed E-state index contributed by atoms with van der Waals surface area (Å²) in [5.41, 5.74) is -0.117. The number of benzene rings is 1. The second-order valence-electron chi connectivity index (χ2n) is 4.46. The Morgan fingerprint density at radius 2 is 2.06 bits per heavy atom. The Hall–Kier alpha value is -1.75. The van der Waals surface area contributed by atoms with Crippen molar-refractivity contribution in [3.8, 4) is 11.5 Å². The van der Waals surface area contributed by atoms with Crippen molar-refractivity contribution in [3.63, 3.8) is 0 Å². The second-order valence-corrected chi connectivity index (χ2v) is 4.46. The summed E-state index contributed by atoms with van der Waals surface area (Å²) in [5, 5.41) is 12.8. The van der Waals surface area contributed by atoms with Crippen LogP contribution in [0.25, 0.3) is 0 Å². The minimum atomic E-state index is -0.804. The summed E-state index contributed by atoms with van der Waals surface area (Å²) < 4.78 is 9.68. The van der Waals surface area contributed by atoms with Crippen molar-refractivity contribution in [2.75, 3.05) is 14.2 Å². The van der Waals surface area contributed by atoms with E-state index in [4.69, 9.17) is 4.74 Å². The van der Waals surface area contributed by atoms with Crippen molar-refractivity contribution < 1.29 is 19.4 Å². The molecule has 0 heterocycles. The van der Waals surface area contributed by atoms with Crippen molar-refractivity contribution in [1.82, 2.24) is 5.32 Å². The highest BCUT2D eigenvalue weighted by Crippen LogP contribution is 2.23. The molecule has 100 valence electrons. The number of carbonyl (C=O) groups excluding carboxylic acids is 1. The highest BCUT2D eigenvalue weighted by atomic mass is 16.5. The molecule has 0 aliphatic rings. The second kappa shape index (κ2) is 5.73. The molecule has 0 bridgehead atoms. The van der Waals surface area contributed by atoms with Crippen molar-refractivity contribution in [3.05, 3.63) is 23.8 Å². The average molecular weight is 253 g/mol. The van der Waals surface area contributed by atoms with Gasteiger partial charge in [0.05, 0.1) is 14.2 Å². The largest absolute Gasteiger partial charge is 0.507 e. The quantitative estimate of drug-likeness (QED) is 0.777. The standard InChI is InChI=1S/C13H19NO4/c1-13(2,12(16)18-4)14-8-9-5-6-10(17-3)7-11(9)15/h5-7,14-15H,8H2,1-4H3. The number of esters is 1. The first-order valence-electron chi connectivity index (χ1n) is 5.60. The fourth-order valence-electron chi connectivity index (χ4n) is 1.46.